The van der Waals surface area contributed by atoms with Gasteiger partial charge in [-0.15, -0.1) is 0 Å². The van der Waals surface area contributed by atoms with E-state index in [-0.39, 0.29) is 10.7 Å². The van der Waals surface area contributed by atoms with Crippen LogP contribution in [0.1, 0.15) is 5.56 Å². The highest BCUT2D eigenvalue weighted by atomic mass is 32.2. The summed E-state index contributed by atoms with van der Waals surface area (Å²) in [6.45, 7) is 1.34. The summed E-state index contributed by atoms with van der Waals surface area (Å²) in [5, 5.41) is 2.63. The monoisotopic (exact) mass is 390 g/mol. The van der Waals surface area contributed by atoms with Crippen molar-refractivity contribution in [1.29, 1.82) is 0 Å². The SMILES string of the molecule is O=C(/C=C/c1ccc(F)cc1)Nc1cccc(S(=O)(=O)N2CCOCC2)c1. The van der Waals surface area contributed by atoms with Crippen molar-refractivity contribution in [3.8, 4) is 0 Å². The molecule has 2 aromatic carbocycles. The summed E-state index contributed by atoms with van der Waals surface area (Å²) in [6, 6.07) is 11.8. The number of carbonyl (C=O) groups is 1. The molecule has 0 spiro atoms. The number of nitrogens with zero attached hydrogens (tertiary/aromatic N) is 1. The smallest absolute Gasteiger partial charge is 0.248 e. The fourth-order valence-corrected chi connectivity index (χ4v) is 4.05. The van der Waals surface area contributed by atoms with Crippen LogP contribution in [0.3, 0.4) is 0 Å². The second-order valence-corrected chi connectivity index (χ2v) is 7.86. The van der Waals surface area contributed by atoms with E-state index in [2.05, 4.69) is 5.32 Å². The third-order valence-corrected chi connectivity index (χ3v) is 5.90. The number of anilines is 1. The first-order chi connectivity index (χ1) is 12.9. The largest absolute Gasteiger partial charge is 0.379 e. The van der Waals surface area contributed by atoms with Crippen LogP contribution in [0.2, 0.25) is 0 Å². The quantitative estimate of drug-likeness (QED) is 0.796. The number of amides is 1. The Morgan fingerprint density at radius 1 is 1.11 bits per heavy atom. The van der Waals surface area contributed by atoms with Crippen LogP contribution in [0, 0.1) is 5.82 Å². The Kier molecular flexibility index (Phi) is 6.00. The van der Waals surface area contributed by atoms with Gasteiger partial charge in [0, 0.05) is 24.9 Å². The Morgan fingerprint density at radius 2 is 1.81 bits per heavy atom. The third-order valence-electron chi connectivity index (χ3n) is 4.01. The van der Waals surface area contributed by atoms with Crippen molar-refractivity contribution in [2.75, 3.05) is 31.6 Å². The minimum Gasteiger partial charge on any atom is -0.379 e. The molecule has 27 heavy (non-hydrogen) atoms. The maximum Gasteiger partial charge on any atom is 0.248 e. The molecule has 142 valence electrons. The molecule has 1 heterocycles. The topological polar surface area (TPSA) is 75.7 Å². The van der Waals surface area contributed by atoms with Crippen molar-refractivity contribution in [1.82, 2.24) is 4.31 Å². The van der Waals surface area contributed by atoms with Gasteiger partial charge >= 0.3 is 0 Å². The number of halogens is 1. The number of benzene rings is 2. The molecule has 0 aliphatic carbocycles. The number of rotatable bonds is 5. The van der Waals surface area contributed by atoms with Gasteiger partial charge in [0.25, 0.3) is 0 Å². The van der Waals surface area contributed by atoms with Gasteiger partial charge in [-0.2, -0.15) is 4.31 Å². The molecule has 1 aliphatic rings. The van der Waals surface area contributed by atoms with Crippen LogP contribution in [0.5, 0.6) is 0 Å². The third kappa shape index (κ3) is 5.00. The van der Waals surface area contributed by atoms with Crippen LogP contribution >= 0.6 is 0 Å². The molecule has 8 heteroatoms. The van der Waals surface area contributed by atoms with Gasteiger partial charge in [0.2, 0.25) is 15.9 Å². The fraction of sp³-hybridized carbons (Fsp3) is 0.211. The van der Waals surface area contributed by atoms with Crippen LogP contribution in [0.25, 0.3) is 6.08 Å². The lowest BCUT2D eigenvalue weighted by molar-refractivity contribution is -0.111. The average molecular weight is 390 g/mol. The minimum absolute atomic E-state index is 0.115. The average Bonchev–Trinajstić information content (AvgIpc) is 2.68. The maximum absolute atomic E-state index is 12.9. The zero-order valence-corrected chi connectivity index (χ0v) is 15.3. The van der Waals surface area contributed by atoms with Gasteiger partial charge < -0.3 is 10.1 Å². The summed E-state index contributed by atoms with van der Waals surface area (Å²) in [5.41, 5.74) is 1.05. The molecule has 0 atom stereocenters. The molecule has 3 rings (SSSR count). The Balaban J connectivity index is 1.69. The number of carbonyl (C=O) groups excluding carboxylic acids is 1. The Hall–Kier alpha value is -2.55. The van der Waals surface area contributed by atoms with Crippen molar-refractivity contribution < 1.29 is 22.3 Å². The molecular formula is C19H19FN2O4S. The summed E-state index contributed by atoms with van der Waals surface area (Å²) < 4.78 is 44.8. The van der Waals surface area contributed by atoms with Crippen LogP contribution in [-0.2, 0) is 19.6 Å². The lowest BCUT2D eigenvalue weighted by atomic mass is 10.2. The highest BCUT2D eigenvalue weighted by molar-refractivity contribution is 7.89. The lowest BCUT2D eigenvalue weighted by Crippen LogP contribution is -2.40. The van der Waals surface area contributed by atoms with E-state index in [0.717, 1.165) is 0 Å². The van der Waals surface area contributed by atoms with Crippen LogP contribution in [0.15, 0.2) is 59.5 Å². The number of nitrogens with one attached hydrogen (secondary N) is 1. The number of morpholine rings is 1. The van der Waals surface area contributed by atoms with E-state index in [9.17, 15) is 17.6 Å². The second-order valence-electron chi connectivity index (χ2n) is 5.92. The summed E-state index contributed by atoms with van der Waals surface area (Å²) in [7, 11) is -3.63. The van der Waals surface area contributed by atoms with E-state index >= 15 is 0 Å². The van der Waals surface area contributed by atoms with Crippen LogP contribution in [0.4, 0.5) is 10.1 Å². The standard InChI is InChI=1S/C19H19FN2O4S/c20-16-7-4-15(5-8-16)6-9-19(23)21-17-2-1-3-18(14-17)27(24,25)22-10-12-26-13-11-22/h1-9,14H,10-13H2,(H,21,23)/b9-6+. The molecule has 0 unspecified atom stereocenters. The first-order valence-corrected chi connectivity index (χ1v) is 9.82. The van der Waals surface area contributed by atoms with Gasteiger partial charge in [0.15, 0.2) is 0 Å². The van der Waals surface area contributed by atoms with E-state index in [1.165, 1.54) is 34.6 Å². The fourth-order valence-electron chi connectivity index (χ4n) is 2.60. The molecule has 0 saturated carbocycles. The zero-order chi connectivity index (χ0) is 19.3. The van der Waals surface area contributed by atoms with E-state index in [1.807, 2.05) is 0 Å². The summed E-state index contributed by atoms with van der Waals surface area (Å²) in [4.78, 5) is 12.2. The normalized spacial score (nSPS) is 15.7. The molecule has 1 N–H and O–H groups in total. The zero-order valence-electron chi connectivity index (χ0n) is 14.5. The maximum atomic E-state index is 12.9. The molecule has 2 aromatic rings. The first kappa shape index (κ1) is 19.2. The molecule has 1 amide bonds. The Morgan fingerprint density at radius 3 is 2.52 bits per heavy atom. The van der Waals surface area contributed by atoms with E-state index in [1.54, 1.807) is 30.3 Å². The summed E-state index contributed by atoms with van der Waals surface area (Å²) >= 11 is 0. The lowest BCUT2D eigenvalue weighted by Gasteiger charge is -2.26. The molecule has 0 radical (unpaired) electrons. The molecule has 1 aliphatic heterocycles. The summed E-state index contributed by atoms with van der Waals surface area (Å²) in [5.74, 6) is -0.768. The van der Waals surface area contributed by atoms with Gasteiger partial charge in [0.05, 0.1) is 18.1 Å². The predicted octanol–water partition coefficient (Wildman–Crippen LogP) is 2.50. The number of ether oxygens (including phenoxy) is 1. The highest BCUT2D eigenvalue weighted by Gasteiger charge is 2.26. The van der Waals surface area contributed by atoms with Crippen molar-refractivity contribution in [2.45, 2.75) is 4.90 Å². The van der Waals surface area contributed by atoms with Gasteiger partial charge in [0.1, 0.15) is 5.82 Å². The summed E-state index contributed by atoms with van der Waals surface area (Å²) in [6.07, 6.45) is 2.85. The van der Waals surface area contributed by atoms with E-state index in [4.69, 9.17) is 4.74 Å². The highest BCUT2D eigenvalue weighted by Crippen LogP contribution is 2.20. The van der Waals surface area contributed by atoms with Gasteiger partial charge in [-0.1, -0.05) is 18.2 Å². The van der Waals surface area contributed by atoms with E-state index in [0.29, 0.717) is 37.6 Å². The minimum atomic E-state index is -3.63. The Labute approximate surface area is 157 Å². The number of sulfonamides is 1. The number of hydrogen-bond acceptors (Lipinski definition) is 4. The van der Waals surface area contributed by atoms with Crippen LogP contribution < -0.4 is 5.32 Å². The van der Waals surface area contributed by atoms with Gasteiger partial charge in [-0.3, -0.25) is 4.79 Å². The molecule has 6 nitrogen and oxygen atoms in total. The molecular weight excluding hydrogens is 371 g/mol. The molecule has 0 aromatic heterocycles. The van der Waals surface area contributed by atoms with Gasteiger partial charge in [-0.25, -0.2) is 12.8 Å². The number of hydrogen-bond donors (Lipinski definition) is 1. The predicted molar refractivity (Wildman–Crippen MR) is 100 cm³/mol. The van der Waals surface area contributed by atoms with Crippen molar-refractivity contribution in [3.05, 3.63) is 66.0 Å². The van der Waals surface area contributed by atoms with Crippen molar-refractivity contribution >= 4 is 27.7 Å². The van der Waals surface area contributed by atoms with Crippen molar-refractivity contribution in [2.24, 2.45) is 0 Å². The first-order valence-electron chi connectivity index (χ1n) is 8.38. The second kappa shape index (κ2) is 8.43. The molecule has 1 fully saturated rings. The molecule has 1 saturated heterocycles. The van der Waals surface area contributed by atoms with Gasteiger partial charge in [-0.05, 0) is 42.0 Å². The Bertz CT molecular complexity index is 936. The van der Waals surface area contributed by atoms with Crippen molar-refractivity contribution in [3.63, 3.8) is 0 Å². The van der Waals surface area contributed by atoms with E-state index < -0.39 is 15.9 Å². The van der Waals surface area contributed by atoms with Crippen LogP contribution in [-0.4, -0.2) is 44.9 Å². The molecule has 0 bridgehead atoms.